The van der Waals surface area contributed by atoms with E-state index in [1.807, 2.05) is 24.3 Å². The molecular weight excluding hydrogens is 500 g/mol. The Labute approximate surface area is 218 Å². The van der Waals surface area contributed by atoms with Gasteiger partial charge < -0.3 is 15.1 Å². The fraction of sp³-hybridized carbons (Fsp3) is 0.480. The molecule has 0 unspecified atom stereocenters. The molecule has 0 aliphatic carbocycles. The first kappa shape index (κ1) is 27.9. The topological polar surface area (TPSA) is 35.6 Å². The molecule has 1 amide bonds. The summed E-state index contributed by atoms with van der Waals surface area (Å²) < 4.78 is 0. The van der Waals surface area contributed by atoms with Crippen LogP contribution in [-0.4, -0.2) is 55.6 Å². The van der Waals surface area contributed by atoms with E-state index >= 15 is 0 Å². The van der Waals surface area contributed by atoms with Crippen molar-refractivity contribution in [1.82, 2.24) is 5.32 Å². The second-order valence-corrected chi connectivity index (χ2v) is 9.21. The molecule has 0 spiro atoms. The molecule has 0 radical (unpaired) electrons. The highest BCUT2D eigenvalue weighted by molar-refractivity contribution is 6.19. The quantitative estimate of drug-likeness (QED) is 0.273. The Balaban J connectivity index is 1.74. The SMILES string of the molecule is O=C(CCCc1ccc(N(CCCl)CCCl)cc1)NCc1ccc(N(CCCl)CCCl)cc1. The summed E-state index contributed by atoms with van der Waals surface area (Å²) >= 11 is 23.5. The highest BCUT2D eigenvalue weighted by Gasteiger charge is 2.08. The van der Waals surface area contributed by atoms with Crippen LogP contribution in [0.1, 0.15) is 24.0 Å². The summed E-state index contributed by atoms with van der Waals surface area (Å²) in [6.45, 7) is 3.58. The van der Waals surface area contributed by atoms with Gasteiger partial charge in [0.05, 0.1) is 0 Å². The molecule has 2 aromatic rings. The lowest BCUT2D eigenvalue weighted by molar-refractivity contribution is -0.121. The zero-order valence-electron chi connectivity index (χ0n) is 18.9. The molecule has 0 heterocycles. The maximum atomic E-state index is 12.3. The zero-order valence-corrected chi connectivity index (χ0v) is 21.9. The Kier molecular flexibility index (Phi) is 13.8. The zero-order chi connectivity index (χ0) is 23.9. The van der Waals surface area contributed by atoms with Gasteiger partial charge >= 0.3 is 0 Å². The summed E-state index contributed by atoms with van der Waals surface area (Å²) in [6.07, 6.45) is 2.18. The third kappa shape index (κ3) is 10.2. The molecule has 8 heteroatoms. The Hall–Kier alpha value is -1.33. The fourth-order valence-electron chi connectivity index (χ4n) is 3.59. The van der Waals surface area contributed by atoms with Crippen molar-refractivity contribution in [3.63, 3.8) is 0 Å². The first-order valence-electron chi connectivity index (χ1n) is 11.3. The van der Waals surface area contributed by atoms with E-state index in [0.29, 0.717) is 36.5 Å². The van der Waals surface area contributed by atoms with Crippen molar-refractivity contribution < 1.29 is 4.79 Å². The number of anilines is 2. The van der Waals surface area contributed by atoms with E-state index in [2.05, 4.69) is 39.4 Å². The van der Waals surface area contributed by atoms with E-state index in [-0.39, 0.29) is 5.91 Å². The number of hydrogen-bond donors (Lipinski definition) is 1. The van der Waals surface area contributed by atoms with E-state index in [9.17, 15) is 4.79 Å². The number of alkyl halides is 4. The van der Waals surface area contributed by atoms with Crippen molar-refractivity contribution in [3.05, 3.63) is 59.7 Å². The van der Waals surface area contributed by atoms with Crippen LogP contribution in [0.4, 0.5) is 11.4 Å². The summed E-state index contributed by atoms with van der Waals surface area (Å²) in [5.74, 6) is 2.31. The number of hydrogen-bond acceptors (Lipinski definition) is 3. The van der Waals surface area contributed by atoms with E-state index in [4.69, 9.17) is 46.4 Å². The Morgan fingerprint density at radius 1 is 0.667 bits per heavy atom. The van der Waals surface area contributed by atoms with Crippen LogP contribution in [0, 0.1) is 0 Å². The molecule has 0 aliphatic heterocycles. The standard InChI is InChI=1S/C25H33Cl4N3O/c26-12-16-31(17-13-27)23-8-4-21(5-9-23)2-1-3-25(33)30-20-22-6-10-24(11-7-22)32(18-14-28)19-15-29/h4-11H,1-3,12-20H2,(H,30,33). The van der Waals surface area contributed by atoms with Crippen LogP contribution in [0.15, 0.2) is 48.5 Å². The molecule has 33 heavy (non-hydrogen) atoms. The van der Waals surface area contributed by atoms with E-state index < -0.39 is 0 Å². The molecule has 0 atom stereocenters. The minimum absolute atomic E-state index is 0.0667. The van der Waals surface area contributed by atoms with Gasteiger partial charge in [-0.05, 0) is 48.2 Å². The lowest BCUT2D eigenvalue weighted by atomic mass is 10.1. The summed E-state index contributed by atoms with van der Waals surface area (Å²) in [7, 11) is 0. The second kappa shape index (κ2) is 16.3. The average Bonchev–Trinajstić information content (AvgIpc) is 2.83. The van der Waals surface area contributed by atoms with Crippen molar-refractivity contribution in [1.29, 1.82) is 0 Å². The van der Waals surface area contributed by atoms with Crippen LogP contribution in [0.2, 0.25) is 0 Å². The maximum absolute atomic E-state index is 12.3. The fourth-order valence-corrected chi connectivity index (χ4v) is 4.40. The third-order valence-corrected chi connectivity index (χ3v) is 6.06. The molecular formula is C25H33Cl4N3O. The van der Waals surface area contributed by atoms with Gasteiger partial charge in [-0.2, -0.15) is 0 Å². The number of rotatable bonds is 16. The molecule has 1 N–H and O–H groups in total. The maximum Gasteiger partial charge on any atom is 0.220 e. The highest BCUT2D eigenvalue weighted by Crippen LogP contribution is 2.18. The van der Waals surface area contributed by atoms with Crippen molar-refractivity contribution in [2.45, 2.75) is 25.8 Å². The number of amides is 1. The molecule has 0 bridgehead atoms. The number of nitrogens with zero attached hydrogens (tertiary/aromatic N) is 2. The van der Waals surface area contributed by atoms with Crippen LogP contribution >= 0.6 is 46.4 Å². The molecule has 0 saturated carbocycles. The lowest BCUT2D eigenvalue weighted by Crippen LogP contribution is -2.27. The second-order valence-electron chi connectivity index (χ2n) is 7.69. The smallest absolute Gasteiger partial charge is 0.220 e. The van der Waals surface area contributed by atoms with Gasteiger partial charge in [0.2, 0.25) is 5.91 Å². The minimum Gasteiger partial charge on any atom is -0.369 e. The molecule has 4 nitrogen and oxygen atoms in total. The van der Waals surface area contributed by atoms with Crippen LogP contribution in [0.3, 0.4) is 0 Å². The number of carbonyl (C=O) groups excluding carboxylic acids is 1. The van der Waals surface area contributed by atoms with Gasteiger partial charge in [-0.25, -0.2) is 0 Å². The van der Waals surface area contributed by atoms with Gasteiger partial charge in [-0.1, -0.05) is 24.3 Å². The molecule has 0 aromatic heterocycles. The molecule has 2 aromatic carbocycles. The van der Waals surface area contributed by atoms with E-state index in [1.54, 1.807) is 0 Å². The predicted molar refractivity (Wildman–Crippen MR) is 145 cm³/mol. The summed E-state index contributed by atoms with van der Waals surface area (Å²) in [5.41, 5.74) is 4.50. The van der Waals surface area contributed by atoms with Crippen molar-refractivity contribution in [2.75, 3.05) is 59.5 Å². The van der Waals surface area contributed by atoms with Crippen molar-refractivity contribution >= 4 is 63.7 Å². The number of carbonyl (C=O) groups is 1. The third-order valence-electron chi connectivity index (χ3n) is 5.38. The van der Waals surface area contributed by atoms with Gasteiger partial charge in [0, 0.05) is 74.0 Å². The van der Waals surface area contributed by atoms with Gasteiger partial charge in [0.1, 0.15) is 0 Å². The first-order chi connectivity index (χ1) is 16.1. The van der Waals surface area contributed by atoms with Crippen LogP contribution in [0.25, 0.3) is 0 Å². The monoisotopic (exact) mass is 531 g/mol. The molecule has 182 valence electrons. The van der Waals surface area contributed by atoms with Gasteiger partial charge in [-0.3, -0.25) is 4.79 Å². The minimum atomic E-state index is 0.0667. The lowest BCUT2D eigenvalue weighted by Gasteiger charge is -2.23. The van der Waals surface area contributed by atoms with Gasteiger partial charge in [-0.15, -0.1) is 46.4 Å². The van der Waals surface area contributed by atoms with Crippen molar-refractivity contribution in [3.8, 4) is 0 Å². The van der Waals surface area contributed by atoms with E-state index in [0.717, 1.165) is 56.0 Å². The molecule has 0 saturated heterocycles. The summed E-state index contributed by atoms with van der Waals surface area (Å²) in [4.78, 5) is 16.6. The highest BCUT2D eigenvalue weighted by atomic mass is 35.5. The van der Waals surface area contributed by atoms with E-state index in [1.165, 1.54) is 5.56 Å². The largest absolute Gasteiger partial charge is 0.369 e. The van der Waals surface area contributed by atoms with Gasteiger partial charge in [0.25, 0.3) is 0 Å². The Morgan fingerprint density at radius 2 is 1.09 bits per heavy atom. The molecule has 0 fully saturated rings. The van der Waals surface area contributed by atoms with Crippen LogP contribution in [-0.2, 0) is 17.8 Å². The van der Waals surface area contributed by atoms with Crippen LogP contribution < -0.4 is 15.1 Å². The normalized spacial score (nSPS) is 10.8. The summed E-state index contributed by atoms with van der Waals surface area (Å²) in [6, 6.07) is 16.6. The average molecular weight is 533 g/mol. The van der Waals surface area contributed by atoms with Crippen LogP contribution in [0.5, 0.6) is 0 Å². The van der Waals surface area contributed by atoms with Gasteiger partial charge in [0.15, 0.2) is 0 Å². The number of benzene rings is 2. The number of aryl methyl sites for hydroxylation is 1. The molecule has 2 rings (SSSR count). The summed E-state index contributed by atoms with van der Waals surface area (Å²) in [5, 5.41) is 3.01. The first-order valence-corrected chi connectivity index (χ1v) is 13.4. The molecule has 0 aliphatic rings. The van der Waals surface area contributed by atoms with Crippen molar-refractivity contribution in [2.24, 2.45) is 0 Å². The Bertz CT molecular complexity index is 790. The number of nitrogens with one attached hydrogen (secondary N) is 1. The number of halogens is 4. The predicted octanol–water partition coefficient (Wildman–Crippen LogP) is 5.89. The Morgan fingerprint density at radius 3 is 1.52 bits per heavy atom.